The van der Waals surface area contributed by atoms with Crippen LogP contribution in [0.5, 0.6) is 0 Å². The van der Waals surface area contributed by atoms with Gasteiger partial charge in [0.05, 0.1) is 12.2 Å². The number of amidine groups is 1. The highest BCUT2D eigenvalue weighted by atomic mass is 19.3. The summed E-state index contributed by atoms with van der Waals surface area (Å²) in [6.07, 6.45) is -3.18. The standard InChI is InChI=1S/C12H11F4N3O2/c13-7-2-8(14)6(1-5(7)10(18)20)12(11(15)16)4-21-3-9(17)19-12/h1-2,11H,3-4H2,(H2,17,19)(H2,18,20). The molecule has 114 valence electrons. The molecule has 1 aromatic carbocycles. The van der Waals surface area contributed by atoms with Crippen molar-refractivity contribution in [1.29, 1.82) is 0 Å². The van der Waals surface area contributed by atoms with Crippen LogP contribution in [-0.2, 0) is 10.3 Å². The van der Waals surface area contributed by atoms with Crippen LogP contribution in [0.25, 0.3) is 0 Å². The fraction of sp³-hybridized carbons (Fsp3) is 0.333. The Morgan fingerprint density at radius 3 is 2.52 bits per heavy atom. The maximum absolute atomic E-state index is 13.9. The smallest absolute Gasteiger partial charge is 0.269 e. The van der Waals surface area contributed by atoms with Crippen molar-refractivity contribution in [2.24, 2.45) is 16.5 Å². The van der Waals surface area contributed by atoms with Crippen molar-refractivity contribution in [2.75, 3.05) is 13.2 Å². The van der Waals surface area contributed by atoms with E-state index in [0.29, 0.717) is 12.1 Å². The minimum Gasteiger partial charge on any atom is -0.385 e. The first-order chi connectivity index (χ1) is 9.78. The Hall–Kier alpha value is -2.16. The van der Waals surface area contributed by atoms with Crippen molar-refractivity contribution in [3.05, 3.63) is 34.9 Å². The molecule has 1 amide bonds. The Bertz CT molecular complexity index is 621. The summed E-state index contributed by atoms with van der Waals surface area (Å²) in [5.74, 6) is -4.01. The van der Waals surface area contributed by atoms with Gasteiger partial charge in [0.1, 0.15) is 24.1 Å². The molecule has 1 aliphatic rings. The first kappa shape index (κ1) is 15.2. The van der Waals surface area contributed by atoms with Crippen molar-refractivity contribution in [3.8, 4) is 0 Å². The van der Waals surface area contributed by atoms with E-state index in [1.165, 1.54) is 0 Å². The Morgan fingerprint density at radius 1 is 1.33 bits per heavy atom. The highest BCUT2D eigenvalue weighted by molar-refractivity contribution is 5.93. The van der Waals surface area contributed by atoms with Crippen LogP contribution in [-0.4, -0.2) is 31.4 Å². The molecule has 1 aromatic rings. The van der Waals surface area contributed by atoms with Gasteiger partial charge in [0, 0.05) is 11.6 Å². The molecule has 21 heavy (non-hydrogen) atoms. The molecule has 0 saturated heterocycles. The largest absolute Gasteiger partial charge is 0.385 e. The number of nitrogens with zero attached hydrogens (tertiary/aromatic N) is 1. The average molecular weight is 305 g/mol. The van der Waals surface area contributed by atoms with Crippen molar-refractivity contribution < 1.29 is 27.1 Å². The van der Waals surface area contributed by atoms with Crippen LogP contribution in [0.3, 0.4) is 0 Å². The third-order valence-corrected chi connectivity index (χ3v) is 3.06. The van der Waals surface area contributed by atoms with Crippen LogP contribution in [0, 0.1) is 11.6 Å². The molecule has 2 rings (SSSR count). The predicted octanol–water partition coefficient (Wildman–Crippen LogP) is 0.912. The minimum atomic E-state index is -3.18. The number of hydrogen-bond donors (Lipinski definition) is 2. The summed E-state index contributed by atoms with van der Waals surface area (Å²) in [7, 11) is 0. The zero-order valence-electron chi connectivity index (χ0n) is 10.6. The zero-order valence-corrected chi connectivity index (χ0v) is 10.6. The molecule has 0 bridgehead atoms. The summed E-state index contributed by atoms with van der Waals surface area (Å²) >= 11 is 0. The van der Waals surface area contributed by atoms with E-state index in [4.69, 9.17) is 16.2 Å². The summed E-state index contributed by atoms with van der Waals surface area (Å²) in [5, 5.41) is 0. The molecule has 4 N–H and O–H groups in total. The van der Waals surface area contributed by atoms with Crippen LogP contribution in [0.15, 0.2) is 17.1 Å². The van der Waals surface area contributed by atoms with E-state index in [-0.39, 0.29) is 12.4 Å². The van der Waals surface area contributed by atoms with Crippen molar-refractivity contribution in [3.63, 3.8) is 0 Å². The lowest BCUT2D eigenvalue weighted by molar-refractivity contribution is -0.0147. The minimum absolute atomic E-state index is 0.181. The van der Waals surface area contributed by atoms with E-state index < -0.39 is 47.2 Å². The number of nitrogens with two attached hydrogens (primary N) is 2. The van der Waals surface area contributed by atoms with Crippen LogP contribution in [0.2, 0.25) is 0 Å². The molecule has 1 heterocycles. The van der Waals surface area contributed by atoms with Crippen molar-refractivity contribution in [1.82, 2.24) is 0 Å². The SMILES string of the molecule is NC(=O)c1cc(C2(C(F)F)COCC(N)=N2)c(F)cc1F. The van der Waals surface area contributed by atoms with E-state index in [1.54, 1.807) is 0 Å². The molecule has 1 aliphatic heterocycles. The lowest BCUT2D eigenvalue weighted by Crippen LogP contribution is -2.45. The molecule has 0 spiro atoms. The number of rotatable bonds is 3. The average Bonchev–Trinajstić information content (AvgIpc) is 2.37. The highest BCUT2D eigenvalue weighted by Gasteiger charge is 2.46. The van der Waals surface area contributed by atoms with Gasteiger partial charge in [-0.05, 0) is 6.07 Å². The molecule has 1 unspecified atom stereocenters. The van der Waals surface area contributed by atoms with Gasteiger partial charge in [0.25, 0.3) is 12.3 Å². The van der Waals surface area contributed by atoms with Gasteiger partial charge >= 0.3 is 0 Å². The van der Waals surface area contributed by atoms with E-state index in [1.807, 2.05) is 0 Å². The Kier molecular flexibility index (Phi) is 3.86. The van der Waals surface area contributed by atoms with Crippen LogP contribution >= 0.6 is 0 Å². The number of amides is 1. The molecule has 0 radical (unpaired) electrons. The summed E-state index contributed by atoms with van der Waals surface area (Å²) in [6, 6.07) is 0.921. The Labute approximate surface area is 116 Å². The second kappa shape index (κ2) is 5.32. The van der Waals surface area contributed by atoms with Gasteiger partial charge in [0.15, 0.2) is 5.54 Å². The third kappa shape index (κ3) is 2.56. The quantitative estimate of drug-likeness (QED) is 0.813. The number of carbonyl (C=O) groups is 1. The van der Waals surface area contributed by atoms with Gasteiger partial charge in [-0.1, -0.05) is 0 Å². The molecular weight excluding hydrogens is 294 g/mol. The third-order valence-electron chi connectivity index (χ3n) is 3.06. The van der Waals surface area contributed by atoms with Gasteiger partial charge < -0.3 is 16.2 Å². The maximum atomic E-state index is 13.9. The van der Waals surface area contributed by atoms with E-state index in [0.717, 1.165) is 0 Å². The fourth-order valence-corrected chi connectivity index (χ4v) is 2.07. The topological polar surface area (TPSA) is 90.7 Å². The van der Waals surface area contributed by atoms with Crippen LogP contribution < -0.4 is 11.5 Å². The molecule has 0 saturated carbocycles. The summed E-state index contributed by atoms with van der Waals surface area (Å²) in [6.45, 7) is -0.841. The number of hydrogen-bond acceptors (Lipinski definition) is 4. The van der Waals surface area contributed by atoms with Crippen molar-refractivity contribution in [2.45, 2.75) is 12.0 Å². The van der Waals surface area contributed by atoms with Gasteiger partial charge in [0.2, 0.25) is 0 Å². The van der Waals surface area contributed by atoms with E-state index in [2.05, 4.69) is 4.99 Å². The Balaban J connectivity index is 2.69. The molecule has 1 atom stereocenters. The lowest BCUT2D eigenvalue weighted by Gasteiger charge is -2.33. The van der Waals surface area contributed by atoms with E-state index >= 15 is 0 Å². The number of benzene rings is 1. The second-order valence-corrected chi connectivity index (χ2v) is 4.50. The molecule has 0 aromatic heterocycles. The number of aliphatic imine (C=N–C) groups is 1. The van der Waals surface area contributed by atoms with E-state index in [9.17, 15) is 22.4 Å². The van der Waals surface area contributed by atoms with Gasteiger partial charge in [-0.25, -0.2) is 17.6 Å². The summed E-state index contributed by atoms with van der Waals surface area (Å²) in [5.41, 5.74) is 6.44. The second-order valence-electron chi connectivity index (χ2n) is 4.50. The molecular formula is C12H11F4N3O2. The lowest BCUT2D eigenvalue weighted by atomic mass is 9.89. The predicted molar refractivity (Wildman–Crippen MR) is 65.0 cm³/mol. The van der Waals surface area contributed by atoms with Crippen LogP contribution in [0.1, 0.15) is 15.9 Å². The molecule has 0 aliphatic carbocycles. The van der Waals surface area contributed by atoms with Crippen molar-refractivity contribution >= 4 is 11.7 Å². The van der Waals surface area contributed by atoms with Gasteiger partial charge in [-0.3, -0.25) is 9.79 Å². The summed E-state index contributed by atoms with van der Waals surface area (Å²) in [4.78, 5) is 14.7. The fourth-order valence-electron chi connectivity index (χ4n) is 2.07. The number of halogens is 4. The highest BCUT2D eigenvalue weighted by Crippen LogP contribution is 2.37. The molecule has 9 heteroatoms. The number of alkyl halides is 2. The Morgan fingerprint density at radius 2 is 2.00 bits per heavy atom. The van der Waals surface area contributed by atoms with Gasteiger partial charge in [-0.15, -0.1) is 0 Å². The number of ether oxygens (including phenoxy) is 1. The number of carbonyl (C=O) groups excluding carboxylic acids is 1. The molecule has 5 nitrogen and oxygen atoms in total. The van der Waals surface area contributed by atoms with Gasteiger partial charge in [-0.2, -0.15) is 0 Å². The normalized spacial score (nSPS) is 22.2. The maximum Gasteiger partial charge on any atom is 0.269 e. The number of primary amides is 1. The zero-order chi connectivity index (χ0) is 15.8. The first-order valence-corrected chi connectivity index (χ1v) is 5.77. The monoisotopic (exact) mass is 305 g/mol. The first-order valence-electron chi connectivity index (χ1n) is 5.77. The van der Waals surface area contributed by atoms with Crippen LogP contribution in [0.4, 0.5) is 17.6 Å². The molecule has 0 fully saturated rings. The summed E-state index contributed by atoms with van der Waals surface area (Å²) < 4.78 is 59.1.